The Kier molecular flexibility index (Phi) is 4.51. The zero-order valence-corrected chi connectivity index (χ0v) is 12.5. The van der Waals surface area contributed by atoms with E-state index in [0.717, 1.165) is 30.6 Å². The monoisotopic (exact) mass is 274 g/mol. The highest BCUT2D eigenvalue weighted by atomic mass is 15.3. The lowest BCUT2D eigenvalue weighted by Gasteiger charge is -2.29. The van der Waals surface area contributed by atoms with E-state index in [9.17, 15) is 0 Å². The minimum atomic E-state index is 0.641. The van der Waals surface area contributed by atoms with Gasteiger partial charge in [0.2, 0.25) is 0 Å². The molecule has 1 aromatic rings. The van der Waals surface area contributed by atoms with E-state index < -0.39 is 0 Å². The molecule has 1 saturated heterocycles. The van der Waals surface area contributed by atoms with Crippen LogP contribution in [0.2, 0.25) is 0 Å². The molecule has 2 aliphatic rings. The molecule has 4 heteroatoms. The van der Waals surface area contributed by atoms with Gasteiger partial charge in [0.15, 0.2) is 5.82 Å². The molecular formula is C16H26N4. The zero-order chi connectivity index (χ0) is 13.8. The van der Waals surface area contributed by atoms with Gasteiger partial charge in [0, 0.05) is 25.2 Å². The Hall–Kier alpha value is -1.16. The van der Waals surface area contributed by atoms with Crippen molar-refractivity contribution >= 4 is 5.82 Å². The average Bonchev–Trinajstić information content (AvgIpc) is 3.32. The van der Waals surface area contributed by atoms with Crippen LogP contribution in [0, 0.1) is 0 Å². The van der Waals surface area contributed by atoms with E-state index in [4.69, 9.17) is 0 Å². The molecule has 2 heterocycles. The van der Waals surface area contributed by atoms with Crippen LogP contribution in [0.4, 0.5) is 5.82 Å². The van der Waals surface area contributed by atoms with Crippen LogP contribution in [0.25, 0.3) is 0 Å². The lowest BCUT2D eigenvalue weighted by molar-refractivity contribution is 0.549. The molecule has 3 rings (SSSR count). The third kappa shape index (κ3) is 3.48. The first kappa shape index (κ1) is 13.8. The van der Waals surface area contributed by atoms with E-state index in [0.29, 0.717) is 6.04 Å². The van der Waals surface area contributed by atoms with Crippen LogP contribution in [0.15, 0.2) is 12.1 Å². The predicted octanol–water partition coefficient (Wildman–Crippen LogP) is 2.89. The Balaban J connectivity index is 1.64. The predicted molar refractivity (Wildman–Crippen MR) is 81.8 cm³/mol. The molecule has 0 bridgehead atoms. The van der Waals surface area contributed by atoms with Gasteiger partial charge in [-0.3, -0.25) is 0 Å². The summed E-state index contributed by atoms with van der Waals surface area (Å²) >= 11 is 0. The summed E-state index contributed by atoms with van der Waals surface area (Å²) in [5.41, 5.74) is 1.06. The molecule has 1 unspecified atom stereocenters. The summed E-state index contributed by atoms with van der Waals surface area (Å²) in [5, 5.41) is 12.4. The Morgan fingerprint density at radius 1 is 1.15 bits per heavy atom. The first-order valence-electron chi connectivity index (χ1n) is 8.19. The molecule has 110 valence electrons. The van der Waals surface area contributed by atoms with Gasteiger partial charge in [-0.05, 0) is 44.2 Å². The number of nitrogens with zero attached hydrogens (tertiary/aromatic N) is 3. The minimum Gasteiger partial charge on any atom is -0.352 e. The van der Waals surface area contributed by atoms with Crippen molar-refractivity contribution in [2.24, 2.45) is 0 Å². The van der Waals surface area contributed by atoms with Gasteiger partial charge in [-0.15, -0.1) is 5.10 Å². The summed E-state index contributed by atoms with van der Waals surface area (Å²) in [6, 6.07) is 5.66. The highest BCUT2D eigenvalue weighted by Crippen LogP contribution is 2.24. The van der Waals surface area contributed by atoms with E-state index >= 15 is 0 Å². The number of nitrogens with one attached hydrogen (secondary N) is 1. The minimum absolute atomic E-state index is 0.641. The van der Waals surface area contributed by atoms with E-state index in [1.807, 2.05) is 0 Å². The fourth-order valence-corrected chi connectivity index (χ4v) is 3.04. The van der Waals surface area contributed by atoms with Gasteiger partial charge in [0.25, 0.3) is 0 Å². The van der Waals surface area contributed by atoms with E-state index in [1.165, 1.54) is 44.9 Å². The maximum absolute atomic E-state index is 4.48. The Morgan fingerprint density at radius 2 is 2.05 bits per heavy atom. The van der Waals surface area contributed by atoms with Crippen molar-refractivity contribution in [3.05, 3.63) is 17.8 Å². The van der Waals surface area contributed by atoms with Crippen molar-refractivity contribution in [2.45, 2.75) is 70.5 Å². The second-order valence-corrected chi connectivity index (χ2v) is 6.14. The van der Waals surface area contributed by atoms with Gasteiger partial charge >= 0.3 is 0 Å². The molecule has 1 atom stereocenters. The highest BCUT2D eigenvalue weighted by molar-refractivity contribution is 5.39. The summed E-state index contributed by atoms with van der Waals surface area (Å²) in [6.07, 6.45) is 9.11. The maximum atomic E-state index is 4.48. The van der Waals surface area contributed by atoms with Crippen molar-refractivity contribution in [2.75, 3.05) is 11.4 Å². The molecular weight excluding hydrogens is 248 g/mol. The number of hydrogen-bond acceptors (Lipinski definition) is 4. The van der Waals surface area contributed by atoms with Gasteiger partial charge in [-0.25, -0.2) is 0 Å². The Morgan fingerprint density at radius 3 is 2.75 bits per heavy atom. The largest absolute Gasteiger partial charge is 0.352 e. The molecule has 2 fully saturated rings. The summed E-state index contributed by atoms with van der Waals surface area (Å²) in [4.78, 5) is 2.47. The lowest BCUT2D eigenvalue weighted by Crippen LogP contribution is -2.35. The summed E-state index contributed by atoms with van der Waals surface area (Å²) < 4.78 is 0. The van der Waals surface area contributed by atoms with Crippen LogP contribution in [0.1, 0.15) is 57.6 Å². The molecule has 1 aliphatic heterocycles. The molecule has 0 spiro atoms. The van der Waals surface area contributed by atoms with Crippen LogP contribution >= 0.6 is 0 Å². The maximum Gasteiger partial charge on any atom is 0.151 e. The molecule has 1 saturated carbocycles. The second kappa shape index (κ2) is 6.53. The molecule has 20 heavy (non-hydrogen) atoms. The van der Waals surface area contributed by atoms with Crippen LogP contribution in [0.3, 0.4) is 0 Å². The van der Waals surface area contributed by atoms with Gasteiger partial charge in [-0.1, -0.05) is 19.8 Å². The number of hydrogen-bond donors (Lipinski definition) is 1. The molecule has 0 aromatic carbocycles. The van der Waals surface area contributed by atoms with Gasteiger partial charge < -0.3 is 10.2 Å². The van der Waals surface area contributed by atoms with E-state index in [2.05, 4.69) is 39.5 Å². The third-order valence-electron chi connectivity index (χ3n) is 4.50. The van der Waals surface area contributed by atoms with Gasteiger partial charge in [0.1, 0.15) is 0 Å². The van der Waals surface area contributed by atoms with Gasteiger partial charge in [0.05, 0.1) is 5.69 Å². The van der Waals surface area contributed by atoms with Crippen molar-refractivity contribution in [3.8, 4) is 0 Å². The van der Waals surface area contributed by atoms with Crippen molar-refractivity contribution < 1.29 is 0 Å². The third-order valence-corrected chi connectivity index (χ3v) is 4.50. The van der Waals surface area contributed by atoms with E-state index in [1.54, 1.807) is 0 Å². The molecule has 1 aromatic heterocycles. The Labute approximate surface area is 122 Å². The van der Waals surface area contributed by atoms with Crippen molar-refractivity contribution in [3.63, 3.8) is 0 Å². The quantitative estimate of drug-likeness (QED) is 0.896. The van der Waals surface area contributed by atoms with Gasteiger partial charge in [-0.2, -0.15) is 5.10 Å². The molecule has 4 nitrogen and oxygen atoms in total. The van der Waals surface area contributed by atoms with Crippen molar-refractivity contribution in [1.82, 2.24) is 15.5 Å². The smallest absolute Gasteiger partial charge is 0.151 e. The molecule has 0 amide bonds. The molecule has 1 N–H and O–H groups in total. The second-order valence-electron chi connectivity index (χ2n) is 6.14. The van der Waals surface area contributed by atoms with Crippen LogP contribution in [-0.4, -0.2) is 28.8 Å². The Bertz CT molecular complexity index is 413. The number of anilines is 1. The number of aromatic nitrogens is 2. The fraction of sp³-hybridized carbons (Fsp3) is 0.750. The summed E-state index contributed by atoms with van der Waals surface area (Å²) in [6.45, 7) is 4.27. The van der Waals surface area contributed by atoms with Crippen LogP contribution in [-0.2, 0) is 6.54 Å². The highest BCUT2D eigenvalue weighted by Gasteiger charge is 2.22. The van der Waals surface area contributed by atoms with Crippen LogP contribution < -0.4 is 10.2 Å². The first-order chi connectivity index (χ1) is 9.86. The lowest BCUT2D eigenvalue weighted by atomic mass is 10.1. The topological polar surface area (TPSA) is 41.0 Å². The normalized spacial score (nSPS) is 23.6. The number of rotatable bonds is 5. The zero-order valence-electron chi connectivity index (χ0n) is 12.5. The summed E-state index contributed by atoms with van der Waals surface area (Å²) in [5.74, 6) is 1.06. The van der Waals surface area contributed by atoms with Crippen molar-refractivity contribution in [1.29, 1.82) is 0 Å². The van der Waals surface area contributed by atoms with E-state index in [-0.39, 0.29) is 0 Å². The SMILES string of the molecule is CCC1CCCCCN1c1ccc(CNC2CC2)nn1. The van der Waals surface area contributed by atoms with Crippen LogP contribution in [0.5, 0.6) is 0 Å². The fourth-order valence-electron chi connectivity index (χ4n) is 3.04. The molecule has 1 aliphatic carbocycles. The summed E-state index contributed by atoms with van der Waals surface area (Å²) in [7, 11) is 0. The molecule has 0 radical (unpaired) electrons. The first-order valence-corrected chi connectivity index (χ1v) is 8.19. The average molecular weight is 274 g/mol. The standard InChI is InChI=1S/C16H26N4/c1-2-15-6-4-3-5-11-20(15)16-10-9-14(18-19-16)12-17-13-7-8-13/h9-10,13,15,17H,2-8,11-12H2,1H3.